The Morgan fingerprint density at radius 2 is 2.47 bits per heavy atom. The number of aromatic nitrogens is 2. The molecule has 0 radical (unpaired) electrons. The Hall–Kier alpha value is -1.56. The molecule has 1 aromatic heterocycles. The Balaban J connectivity index is 1.51. The molecule has 0 aromatic carbocycles. The first-order chi connectivity index (χ1) is 9.24. The Morgan fingerprint density at radius 1 is 1.58 bits per heavy atom. The summed E-state index contributed by atoms with van der Waals surface area (Å²) in [5.74, 6) is 0.838. The molecule has 0 amide bonds. The zero-order valence-corrected chi connectivity index (χ0v) is 11.5. The van der Waals surface area contributed by atoms with E-state index in [2.05, 4.69) is 20.7 Å². The molecule has 3 unspecified atom stereocenters. The van der Waals surface area contributed by atoms with E-state index >= 15 is 0 Å². The van der Waals surface area contributed by atoms with Gasteiger partial charge >= 0.3 is 0 Å². The van der Waals surface area contributed by atoms with Gasteiger partial charge in [0.05, 0.1) is 24.4 Å². The first-order valence-corrected chi connectivity index (χ1v) is 6.85. The molecule has 2 aliphatic heterocycles. The lowest BCUT2D eigenvalue weighted by Crippen LogP contribution is -2.47. The minimum absolute atomic E-state index is 0.363. The smallest absolute Gasteiger partial charge is 0.191 e. The summed E-state index contributed by atoms with van der Waals surface area (Å²) in [7, 11) is 3.72. The Kier molecular flexibility index (Phi) is 3.42. The minimum atomic E-state index is 0.363. The van der Waals surface area contributed by atoms with E-state index in [0.29, 0.717) is 18.2 Å². The molecule has 6 nitrogen and oxygen atoms in total. The monoisotopic (exact) mass is 263 g/mol. The lowest BCUT2D eigenvalue weighted by Gasteiger charge is -2.22. The number of aryl methyl sites for hydroxylation is 1. The summed E-state index contributed by atoms with van der Waals surface area (Å²) in [6, 6.07) is 0.402. The average Bonchev–Trinajstić information content (AvgIpc) is 3.11. The SMILES string of the molecule is CN=C(NCc1cnn(C)c1)NC1CC2CCC1O2. The van der Waals surface area contributed by atoms with Crippen molar-refractivity contribution in [3.05, 3.63) is 18.0 Å². The maximum atomic E-state index is 5.84. The number of aliphatic imine (C=N–C) groups is 1. The highest BCUT2D eigenvalue weighted by molar-refractivity contribution is 5.80. The van der Waals surface area contributed by atoms with Gasteiger partial charge in [0.2, 0.25) is 0 Å². The highest BCUT2D eigenvalue weighted by atomic mass is 16.5. The van der Waals surface area contributed by atoms with Gasteiger partial charge in [-0.1, -0.05) is 0 Å². The van der Waals surface area contributed by atoms with Crippen LogP contribution in [0.3, 0.4) is 0 Å². The Morgan fingerprint density at radius 3 is 3.05 bits per heavy atom. The van der Waals surface area contributed by atoms with E-state index in [1.54, 1.807) is 11.7 Å². The molecule has 0 spiro atoms. The summed E-state index contributed by atoms with van der Waals surface area (Å²) in [6.45, 7) is 0.731. The predicted molar refractivity (Wildman–Crippen MR) is 72.8 cm³/mol. The van der Waals surface area contributed by atoms with Crippen LogP contribution in [-0.4, -0.2) is 41.0 Å². The standard InChI is InChI=1S/C13H21N5O/c1-14-13(15-6-9-7-16-18(2)8-9)17-11-5-10-3-4-12(11)19-10/h7-8,10-12H,3-6H2,1-2H3,(H2,14,15,17). The van der Waals surface area contributed by atoms with Crippen LogP contribution in [0.2, 0.25) is 0 Å². The van der Waals surface area contributed by atoms with E-state index in [1.165, 1.54) is 12.8 Å². The molecule has 2 saturated heterocycles. The quantitative estimate of drug-likeness (QED) is 0.612. The maximum Gasteiger partial charge on any atom is 0.191 e. The van der Waals surface area contributed by atoms with Gasteiger partial charge in [0.1, 0.15) is 0 Å². The van der Waals surface area contributed by atoms with Crippen molar-refractivity contribution >= 4 is 5.96 Å². The summed E-state index contributed by atoms with van der Waals surface area (Å²) >= 11 is 0. The first kappa shape index (κ1) is 12.5. The highest BCUT2D eigenvalue weighted by Crippen LogP contribution is 2.34. The molecule has 3 rings (SSSR count). The molecule has 3 heterocycles. The number of ether oxygens (including phenoxy) is 1. The average molecular weight is 263 g/mol. The summed E-state index contributed by atoms with van der Waals surface area (Å²) < 4.78 is 7.64. The summed E-state index contributed by atoms with van der Waals surface area (Å²) in [5.41, 5.74) is 1.15. The third-order valence-electron chi connectivity index (χ3n) is 3.87. The molecule has 2 fully saturated rings. The molecule has 104 valence electrons. The van der Waals surface area contributed by atoms with Crippen LogP contribution in [0.1, 0.15) is 24.8 Å². The number of rotatable bonds is 3. The van der Waals surface area contributed by atoms with Crippen molar-refractivity contribution in [3.63, 3.8) is 0 Å². The molecule has 1 aromatic rings. The third-order valence-corrected chi connectivity index (χ3v) is 3.87. The first-order valence-electron chi connectivity index (χ1n) is 6.85. The van der Waals surface area contributed by atoms with Gasteiger partial charge in [0.25, 0.3) is 0 Å². The molecular weight excluding hydrogens is 242 g/mol. The second-order valence-electron chi connectivity index (χ2n) is 5.31. The number of hydrogen-bond acceptors (Lipinski definition) is 3. The number of fused-ring (bicyclic) bond motifs is 2. The van der Waals surface area contributed by atoms with E-state index in [-0.39, 0.29) is 0 Å². The van der Waals surface area contributed by atoms with E-state index in [0.717, 1.165) is 24.5 Å². The number of guanidine groups is 1. The van der Waals surface area contributed by atoms with Gasteiger partial charge in [0, 0.05) is 32.4 Å². The van der Waals surface area contributed by atoms with E-state index < -0.39 is 0 Å². The second kappa shape index (κ2) is 5.21. The minimum Gasteiger partial charge on any atom is -0.373 e. The molecule has 3 atom stereocenters. The van der Waals surface area contributed by atoms with Crippen molar-refractivity contribution in [1.29, 1.82) is 0 Å². The highest BCUT2D eigenvalue weighted by Gasteiger charge is 2.41. The fourth-order valence-corrected chi connectivity index (χ4v) is 2.91. The number of nitrogens with zero attached hydrogens (tertiary/aromatic N) is 3. The zero-order valence-electron chi connectivity index (χ0n) is 11.5. The molecule has 0 saturated carbocycles. The van der Waals surface area contributed by atoms with Crippen LogP contribution in [0, 0.1) is 0 Å². The van der Waals surface area contributed by atoms with Gasteiger partial charge < -0.3 is 15.4 Å². The topological polar surface area (TPSA) is 63.5 Å². The van der Waals surface area contributed by atoms with Crippen molar-refractivity contribution in [1.82, 2.24) is 20.4 Å². The van der Waals surface area contributed by atoms with Crippen molar-refractivity contribution in [2.45, 2.75) is 44.1 Å². The molecule has 19 heavy (non-hydrogen) atoms. The second-order valence-corrected chi connectivity index (χ2v) is 5.31. The summed E-state index contributed by atoms with van der Waals surface area (Å²) in [4.78, 5) is 4.27. The molecule has 2 bridgehead atoms. The maximum absolute atomic E-state index is 5.84. The van der Waals surface area contributed by atoms with Crippen molar-refractivity contribution in [3.8, 4) is 0 Å². The van der Waals surface area contributed by atoms with Crippen LogP contribution in [0.25, 0.3) is 0 Å². The molecule has 2 N–H and O–H groups in total. The predicted octanol–water partition coefficient (Wildman–Crippen LogP) is 0.405. The molecule has 0 aliphatic carbocycles. The lowest BCUT2D eigenvalue weighted by atomic mass is 9.96. The van der Waals surface area contributed by atoms with Crippen molar-refractivity contribution in [2.24, 2.45) is 12.0 Å². The van der Waals surface area contributed by atoms with Crippen LogP contribution in [-0.2, 0) is 18.3 Å². The zero-order chi connectivity index (χ0) is 13.2. The van der Waals surface area contributed by atoms with Crippen LogP contribution in [0.15, 0.2) is 17.4 Å². The molecular formula is C13H21N5O. The largest absolute Gasteiger partial charge is 0.373 e. The van der Waals surface area contributed by atoms with Gasteiger partial charge in [-0.25, -0.2) is 0 Å². The molecule has 6 heteroatoms. The van der Waals surface area contributed by atoms with Gasteiger partial charge in [-0.15, -0.1) is 0 Å². The van der Waals surface area contributed by atoms with Crippen LogP contribution >= 0.6 is 0 Å². The van der Waals surface area contributed by atoms with E-state index in [9.17, 15) is 0 Å². The Labute approximate surface area is 113 Å². The normalized spacial score (nSPS) is 29.8. The number of nitrogens with one attached hydrogen (secondary N) is 2. The lowest BCUT2D eigenvalue weighted by molar-refractivity contribution is 0.0992. The van der Waals surface area contributed by atoms with Crippen LogP contribution < -0.4 is 10.6 Å². The van der Waals surface area contributed by atoms with Gasteiger partial charge in [-0.05, 0) is 19.3 Å². The summed E-state index contributed by atoms with van der Waals surface area (Å²) in [6.07, 6.45) is 8.16. The summed E-state index contributed by atoms with van der Waals surface area (Å²) in [5, 5.41) is 10.9. The van der Waals surface area contributed by atoms with Gasteiger partial charge in [-0.2, -0.15) is 5.10 Å². The molecule has 2 aliphatic rings. The fourth-order valence-electron chi connectivity index (χ4n) is 2.91. The van der Waals surface area contributed by atoms with Crippen LogP contribution in [0.5, 0.6) is 0 Å². The fraction of sp³-hybridized carbons (Fsp3) is 0.692. The van der Waals surface area contributed by atoms with Gasteiger partial charge in [0.15, 0.2) is 5.96 Å². The van der Waals surface area contributed by atoms with Gasteiger partial charge in [-0.3, -0.25) is 9.67 Å². The van der Waals surface area contributed by atoms with Crippen molar-refractivity contribution in [2.75, 3.05) is 7.05 Å². The van der Waals surface area contributed by atoms with Crippen molar-refractivity contribution < 1.29 is 4.74 Å². The third kappa shape index (κ3) is 2.73. The van der Waals surface area contributed by atoms with E-state index in [1.807, 2.05) is 19.4 Å². The van der Waals surface area contributed by atoms with E-state index in [4.69, 9.17) is 4.74 Å². The Bertz CT molecular complexity index is 469. The van der Waals surface area contributed by atoms with Crippen LogP contribution in [0.4, 0.5) is 0 Å². The number of hydrogen-bond donors (Lipinski definition) is 2.